The number of carbonyl (C=O) groups is 1. The van der Waals surface area contributed by atoms with Crippen LogP contribution in [-0.2, 0) is 14.9 Å². The Labute approximate surface area is 162 Å². The van der Waals surface area contributed by atoms with Crippen LogP contribution in [0.5, 0.6) is 5.75 Å². The number of carbonyl (C=O) groups excluding carboxylic acids is 1. The molecular formula is C16H10BrN3O6S. The molecule has 9 nitrogen and oxygen atoms in total. The predicted molar refractivity (Wildman–Crippen MR) is 97.8 cm³/mol. The van der Waals surface area contributed by atoms with E-state index in [1.54, 1.807) is 6.07 Å². The number of amides is 1. The molecule has 0 saturated heterocycles. The van der Waals surface area contributed by atoms with Crippen LogP contribution in [0.1, 0.15) is 5.56 Å². The summed E-state index contributed by atoms with van der Waals surface area (Å²) in [6.07, 6.45) is 1.23. The first-order chi connectivity index (χ1) is 12.6. The lowest BCUT2D eigenvalue weighted by Gasteiger charge is -2.09. The fourth-order valence-electron chi connectivity index (χ4n) is 1.92. The Morgan fingerprint density at radius 2 is 2.00 bits per heavy atom. The maximum atomic E-state index is 12.3. The molecule has 0 aliphatic heterocycles. The molecule has 11 heteroatoms. The maximum Gasteiger partial charge on any atom is 0.339 e. The summed E-state index contributed by atoms with van der Waals surface area (Å²) >= 11 is 3.13. The van der Waals surface area contributed by atoms with Crippen molar-refractivity contribution in [1.29, 1.82) is 5.26 Å². The van der Waals surface area contributed by atoms with Crippen LogP contribution in [0, 0.1) is 21.4 Å². The van der Waals surface area contributed by atoms with Crippen LogP contribution in [0.3, 0.4) is 0 Å². The SMILES string of the molecule is N#C/C(=C\c1ccc(OS(=O)(=O)c2cccc([N+](=O)[O-])c2)c(Br)c1)C(N)=O. The molecule has 0 aromatic heterocycles. The summed E-state index contributed by atoms with van der Waals surface area (Å²) < 4.78 is 29.9. The fourth-order valence-corrected chi connectivity index (χ4v) is 3.49. The van der Waals surface area contributed by atoms with Crippen molar-refractivity contribution in [3.8, 4) is 11.8 Å². The van der Waals surface area contributed by atoms with Gasteiger partial charge in [0.25, 0.3) is 11.6 Å². The molecule has 0 unspecified atom stereocenters. The first-order valence-corrected chi connectivity index (χ1v) is 9.24. The molecule has 0 fully saturated rings. The van der Waals surface area contributed by atoms with E-state index < -0.39 is 26.6 Å². The summed E-state index contributed by atoms with van der Waals surface area (Å²) in [5.74, 6) is -0.988. The van der Waals surface area contributed by atoms with Gasteiger partial charge in [-0.15, -0.1) is 0 Å². The molecule has 2 rings (SSSR count). The molecule has 0 saturated carbocycles. The zero-order valence-electron chi connectivity index (χ0n) is 13.3. The van der Waals surface area contributed by atoms with Crippen molar-refractivity contribution < 1.29 is 22.3 Å². The Bertz CT molecular complexity index is 1110. The van der Waals surface area contributed by atoms with Gasteiger partial charge in [-0.2, -0.15) is 13.7 Å². The number of benzene rings is 2. The highest BCUT2D eigenvalue weighted by Crippen LogP contribution is 2.30. The normalized spacial score (nSPS) is 11.5. The smallest absolute Gasteiger partial charge is 0.339 e. The lowest BCUT2D eigenvalue weighted by atomic mass is 10.1. The van der Waals surface area contributed by atoms with Crippen LogP contribution >= 0.6 is 15.9 Å². The first kappa shape index (κ1) is 20.1. The molecule has 0 aliphatic carbocycles. The van der Waals surface area contributed by atoms with Crippen LogP contribution in [-0.4, -0.2) is 19.2 Å². The summed E-state index contributed by atoms with van der Waals surface area (Å²) in [5.41, 5.74) is 4.78. The van der Waals surface area contributed by atoms with Crippen LogP contribution in [0.15, 0.2) is 57.4 Å². The third-order valence-corrected chi connectivity index (χ3v) is 5.02. The lowest BCUT2D eigenvalue weighted by Crippen LogP contribution is -2.12. The van der Waals surface area contributed by atoms with Crippen molar-refractivity contribution in [3.05, 3.63) is 68.2 Å². The van der Waals surface area contributed by atoms with E-state index in [9.17, 15) is 23.3 Å². The number of nitrogens with two attached hydrogens (primary N) is 1. The Kier molecular flexibility index (Phi) is 5.94. The van der Waals surface area contributed by atoms with Gasteiger partial charge in [-0.3, -0.25) is 14.9 Å². The Hall–Kier alpha value is -3.23. The zero-order chi connectivity index (χ0) is 20.2. The topological polar surface area (TPSA) is 153 Å². The van der Waals surface area contributed by atoms with Gasteiger partial charge >= 0.3 is 10.1 Å². The number of nitriles is 1. The Morgan fingerprint density at radius 1 is 1.30 bits per heavy atom. The molecule has 2 N–H and O–H groups in total. The molecule has 0 aliphatic rings. The standard InChI is InChI=1S/C16H10BrN3O6S/c17-14-7-10(6-11(9-18)16(19)21)4-5-15(14)26-27(24,25)13-3-1-2-12(8-13)20(22)23/h1-8H,(H2,19,21)/b11-6+. The van der Waals surface area contributed by atoms with E-state index in [-0.39, 0.29) is 20.7 Å². The van der Waals surface area contributed by atoms with Crippen LogP contribution in [0.4, 0.5) is 5.69 Å². The van der Waals surface area contributed by atoms with E-state index in [2.05, 4.69) is 15.9 Å². The minimum atomic E-state index is -4.32. The number of nitrogens with zero attached hydrogens (tertiary/aromatic N) is 2. The molecule has 138 valence electrons. The second kappa shape index (κ2) is 7.98. The van der Waals surface area contributed by atoms with E-state index in [0.29, 0.717) is 5.56 Å². The van der Waals surface area contributed by atoms with Gasteiger partial charge in [0.15, 0.2) is 5.75 Å². The largest absolute Gasteiger partial charge is 0.378 e. The minimum absolute atomic E-state index is 0.0868. The van der Waals surface area contributed by atoms with Crippen molar-refractivity contribution in [2.75, 3.05) is 0 Å². The lowest BCUT2D eigenvalue weighted by molar-refractivity contribution is -0.385. The number of rotatable bonds is 6. The second-order valence-electron chi connectivity index (χ2n) is 5.02. The summed E-state index contributed by atoms with van der Waals surface area (Å²) in [7, 11) is -4.32. The van der Waals surface area contributed by atoms with Gasteiger partial charge in [-0.05, 0) is 45.8 Å². The number of non-ortho nitro benzene ring substituents is 1. The van der Waals surface area contributed by atoms with Gasteiger partial charge in [0.05, 0.1) is 9.40 Å². The summed E-state index contributed by atoms with van der Waals surface area (Å²) in [5, 5.41) is 19.6. The minimum Gasteiger partial charge on any atom is -0.378 e. The number of nitro groups is 1. The third kappa shape index (κ3) is 4.90. The Balaban J connectivity index is 2.35. The van der Waals surface area contributed by atoms with E-state index in [1.165, 1.54) is 36.4 Å². The summed E-state index contributed by atoms with van der Waals surface area (Å²) in [4.78, 5) is 20.8. The highest BCUT2D eigenvalue weighted by atomic mass is 79.9. The summed E-state index contributed by atoms with van der Waals surface area (Å²) in [6, 6.07) is 10.2. The van der Waals surface area contributed by atoms with Crippen molar-refractivity contribution >= 4 is 43.7 Å². The van der Waals surface area contributed by atoms with Crippen LogP contribution in [0.25, 0.3) is 6.08 Å². The van der Waals surface area contributed by atoms with Gasteiger partial charge in [-0.1, -0.05) is 12.1 Å². The van der Waals surface area contributed by atoms with E-state index in [4.69, 9.17) is 15.2 Å². The van der Waals surface area contributed by atoms with Crippen molar-refractivity contribution in [3.63, 3.8) is 0 Å². The molecule has 0 bridgehead atoms. The number of hydrogen-bond acceptors (Lipinski definition) is 7. The fraction of sp³-hybridized carbons (Fsp3) is 0. The number of primary amides is 1. The van der Waals surface area contributed by atoms with E-state index in [1.807, 2.05) is 0 Å². The molecular weight excluding hydrogens is 442 g/mol. The molecule has 2 aromatic rings. The van der Waals surface area contributed by atoms with Gasteiger partial charge in [0.1, 0.15) is 16.5 Å². The van der Waals surface area contributed by atoms with Gasteiger partial charge in [0, 0.05) is 12.1 Å². The number of hydrogen-bond donors (Lipinski definition) is 1. The monoisotopic (exact) mass is 451 g/mol. The molecule has 0 atom stereocenters. The van der Waals surface area contributed by atoms with Gasteiger partial charge in [0.2, 0.25) is 0 Å². The average molecular weight is 452 g/mol. The average Bonchev–Trinajstić information content (AvgIpc) is 2.61. The maximum absolute atomic E-state index is 12.3. The molecule has 1 amide bonds. The predicted octanol–water partition coefficient (Wildman–Crippen LogP) is 2.52. The number of nitro benzene ring substituents is 1. The van der Waals surface area contributed by atoms with Gasteiger partial charge in [-0.25, -0.2) is 0 Å². The highest BCUT2D eigenvalue weighted by Gasteiger charge is 2.21. The van der Waals surface area contributed by atoms with Crippen molar-refractivity contribution in [2.45, 2.75) is 4.90 Å². The molecule has 0 heterocycles. The van der Waals surface area contributed by atoms with Gasteiger partial charge < -0.3 is 9.92 Å². The zero-order valence-corrected chi connectivity index (χ0v) is 15.7. The highest BCUT2D eigenvalue weighted by molar-refractivity contribution is 9.10. The van der Waals surface area contributed by atoms with Crippen molar-refractivity contribution in [2.24, 2.45) is 5.73 Å². The summed E-state index contributed by atoms with van der Waals surface area (Å²) in [6.45, 7) is 0. The molecule has 0 radical (unpaired) electrons. The first-order valence-electron chi connectivity index (χ1n) is 7.04. The molecule has 0 spiro atoms. The van der Waals surface area contributed by atoms with E-state index >= 15 is 0 Å². The second-order valence-corrected chi connectivity index (χ2v) is 7.42. The molecule has 27 heavy (non-hydrogen) atoms. The quantitative estimate of drug-likeness (QED) is 0.232. The Morgan fingerprint density at radius 3 is 2.56 bits per heavy atom. The van der Waals surface area contributed by atoms with Crippen LogP contribution in [0.2, 0.25) is 0 Å². The third-order valence-electron chi connectivity index (χ3n) is 3.17. The number of halogens is 1. The van der Waals surface area contributed by atoms with Crippen LogP contribution < -0.4 is 9.92 Å². The van der Waals surface area contributed by atoms with E-state index in [0.717, 1.165) is 12.1 Å². The molecule has 2 aromatic carbocycles. The van der Waals surface area contributed by atoms with Crippen molar-refractivity contribution in [1.82, 2.24) is 0 Å².